The molecule has 1 unspecified atom stereocenters. The average molecular weight is 841 g/mol. The first-order valence-electron chi connectivity index (χ1n) is 20.6. The molecule has 0 amide bonds. The van der Waals surface area contributed by atoms with Crippen molar-refractivity contribution in [2.45, 2.75) is 95.2 Å². The molecule has 0 radical (unpaired) electrons. The van der Waals surface area contributed by atoms with Gasteiger partial charge in [-0.3, -0.25) is 9.56 Å². The lowest BCUT2D eigenvalue weighted by Gasteiger charge is -2.36. The fourth-order valence-corrected chi connectivity index (χ4v) is 8.75. The lowest BCUT2D eigenvalue weighted by atomic mass is 9.87. The number of sulfonamides is 1. The number of H-pyrrole nitrogens is 1. The molecular weight excluding hydrogens is 781 g/mol. The first-order valence-corrected chi connectivity index (χ1v) is 22.0. The summed E-state index contributed by atoms with van der Waals surface area (Å²) in [7, 11) is -3.70. The predicted octanol–water partition coefficient (Wildman–Crippen LogP) is 5.76. The van der Waals surface area contributed by atoms with Gasteiger partial charge in [0.15, 0.2) is 17.5 Å². The zero-order chi connectivity index (χ0) is 43.1. The Bertz CT molecular complexity index is 2390. The molecule has 1 saturated heterocycles. The van der Waals surface area contributed by atoms with Crippen LogP contribution >= 0.6 is 0 Å². The number of nitrogens with one attached hydrogen (secondary N) is 2. The second-order valence-electron chi connectivity index (χ2n) is 17.3. The zero-order valence-electron chi connectivity index (χ0n) is 35.6. The van der Waals surface area contributed by atoms with Crippen LogP contribution in [0.2, 0.25) is 0 Å². The maximum Gasteiger partial charge on any atom is 0.354 e. The Morgan fingerprint density at radius 1 is 0.950 bits per heavy atom. The Hall–Kier alpha value is -5.22. The van der Waals surface area contributed by atoms with E-state index in [0.717, 1.165) is 47.4 Å². The van der Waals surface area contributed by atoms with E-state index in [1.807, 2.05) is 66.9 Å². The smallest absolute Gasteiger partial charge is 0.354 e. The second-order valence-corrected chi connectivity index (χ2v) is 19.2. The highest BCUT2D eigenvalue weighted by atomic mass is 32.2. The van der Waals surface area contributed by atoms with Gasteiger partial charge in [0.2, 0.25) is 10.0 Å². The first-order chi connectivity index (χ1) is 28.5. The normalized spacial score (nSPS) is 16.0. The van der Waals surface area contributed by atoms with Crippen LogP contribution in [0.15, 0.2) is 99.7 Å². The van der Waals surface area contributed by atoms with Gasteiger partial charge in [-0.1, -0.05) is 77.9 Å². The van der Waals surface area contributed by atoms with Crippen molar-refractivity contribution in [2.24, 2.45) is 16.5 Å². The van der Waals surface area contributed by atoms with Crippen molar-refractivity contribution in [2.75, 3.05) is 39.5 Å². The molecule has 2 aromatic heterocycles. The molecule has 0 aliphatic carbocycles. The summed E-state index contributed by atoms with van der Waals surface area (Å²) in [5, 5.41) is 4.27. The number of aromatic nitrogens is 3. The highest BCUT2D eigenvalue weighted by Crippen LogP contribution is 2.33. The summed E-state index contributed by atoms with van der Waals surface area (Å²) < 4.78 is 48.0. The lowest BCUT2D eigenvalue weighted by molar-refractivity contribution is 0.0336. The molecule has 60 heavy (non-hydrogen) atoms. The van der Waals surface area contributed by atoms with E-state index in [9.17, 15) is 13.2 Å². The van der Waals surface area contributed by atoms with Crippen LogP contribution in [0, 0.1) is 0 Å². The van der Waals surface area contributed by atoms with Crippen LogP contribution in [0.25, 0.3) is 16.7 Å². The molecule has 4 heterocycles. The van der Waals surface area contributed by atoms with Gasteiger partial charge in [0, 0.05) is 55.0 Å². The third kappa shape index (κ3) is 11.3. The molecule has 0 bridgehead atoms. The molecule has 0 spiro atoms. The van der Waals surface area contributed by atoms with E-state index in [-0.39, 0.29) is 41.2 Å². The molecule has 7 rings (SSSR count). The van der Waals surface area contributed by atoms with Crippen molar-refractivity contribution in [3.8, 4) is 17.2 Å². The van der Waals surface area contributed by atoms with Gasteiger partial charge >= 0.3 is 5.69 Å². The Morgan fingerprint density at radius 2 is 1.63 bits per heavy atom. The number of hydrogen-bond acceptors (Lipinski definition) is 9. The van der Waals surface area contributed by atoms with Gasteiger partial charge in [0.05, 0.1) is 17.1 Å². The van der Waals surface area contributed by atoms with Crippen molar-refractivity contribution in [1.82, 2.24) is 24.2 Å². The standard InChI is InChI=1S/C24H31NO5S.C21H29N7O/c1-24(2,3)18-8-10-21(11-9-18)31(26,27)25(19-12-14-28-15-13-19)16-20-17-29-22-6-4-5-7-23(22)30-20;1-21(2,3)17-11-15-13-28(20(29)27-18(15)26-17)16-7-5-14(6-8-16)12-24-9-4-10-25-19(22)23/h4-11,19-20H,12-17H2,1-3H3;5-8,11,13,24H,4,9-10,12H2,1-3H3,(H4,22,23,25)(H,26,27,29). The minimum atomic E-state index is -3.70. The van der Waals surface area contributed by atoms with Crippen molar-refractivity contribution < 1.29 is 22.6 Å². The highest BCUT2D eigenvalue weighted by Gasteiger charge is 2.36. The van der Waals surface area contributed by atoms with E-state index in [0.29, 0.717) is 61.2 Å². The fourth-order valence-electron chi connectivity index (χ4n) is 7.04. The second kappa shape index (κ2) is 19.0. The number of guanidine groups is 1. The minimum absolute atomic E-state index is 0.0352. The van der Waals surface area contributed by atoms with E-state index in [4.69, 9.17) is 25.7 Å². The van der Waals surface area contributed by atoms with E-state index in [2.05, 4.69) is 67.9 Å². The molecule has 322 valence electrons. The number of nitrogens with two attached hydrogens (primary N) is 2. The largest absolute Gasteiger partial charge is 0.486 e. The monoisotopic (exact) mass is 840 g/mol. The summed E-state index contributed by atoms with van der Waals surface area (Å²) >= 11 is 0. The quantitative estimate of drug-likeness (QED) is 0.0683. The number of aromatic amines is 1. The van der Waals surface area contributed by atoms with Crippen LogP contribution in [0.3, 0.4) is 0 Å². The van der Waals surface area contributed by atoms with Crippen LogP contribution in [0.1, 0.15) is 77.6 Å². The van der Waals surface area contributed by atoms with Crippen LogP contribution in [-0.2, 0) is 32.1 Å². The van der Waals surface area contributed by atoms with Crippen LogP contribution in [-0.4, -0.2) is 84.8 Å². The molecule has 1 fully saturated rings. The third-order valence-corrected chi connectivity index (χ3v) is 12.5. The zero-order valence-corrected chi connectivity index (χ0v) is 36.4. The Morgan fingerprint density at radius 3 is 2.28 bits per heavy atom. The maximum atomic E-state index is 13.7. The van der Waals surface area contributed by atoms with Gasteiger partial charge < -0.3 is 36.0 Å². The number of hydrogen-bond donors (Lipinski definition) is 4. The average Bonchev–Trinajstić information content (AvgIpc) is 3.65. The summed E-state index contributed by atoms with van der Waals surface area (Å²) in [4.78, 5) is 24.2. The number of rotatable bonds is 12. The molecule has 2 aliphatic heterocycles. The maximum absolute atomic E-state index is 13.7. The van der Waals surface area contributed by atoms with Gasteiger partial charge in [-0.15, -0.1) is 0 Å². The molecule has 1 atom stereocenters. The number of fused-ring (bicyclic) bond motifs is 2. The Kier molecular flexibility index (Phi) is 14.0. The van der Waals surface area contributed by atoms with Gasteiger partial charge in [0.25, 0.3) is 0 Å². The Balaban J connectivity index is 0.000000202. The van der Waals surface area contributed by atoms with Gasteiger partial charge in [-0.25, -0.2) is 13.2 Å². The number of benzene rings is 3. The van der Waals surface area contributed by atoms with E-state index >= 15 is 0 Å². The molecule has 6 N–H and O–H groups in total. The van der Waals surface area contributed by atoms with E-state index < -0.39 is 10.0 Å². The van der Waals surface area contributed by atoms with Gasteiger partial charge in [-0.05, 0) is 84.8 Å². The summed E-state index contributed by atoms with van der Waals surface area (Å²) in [5.41, 5.74) is 14.9. The van der Waals surface area contributed by atoms with Crippen LogP contribution in [0.5, 0.6) is 11.5 Å². The fraction of sp³-hybridized carbons (Fsp3) is 0.444. The van der Waals surface area contributed by atoms with Crippen molar-refractivity contribution in [1.29, 1.82) is 0 Å². The van der Waals surface area contributed by atoms with Crippen molar-refractivity contribution >= 4 is 27.0 Å². The summed E-state index contributed by atoms with van der Waals surface area (Å²) in [5.74, 6) is 1.47. The summed E-state index contributed by atoms with van der Waals surface area (Å²) in [6.07, 6.45) is 3.67. The predicted molar refractivity (Wildman–Crippen MR) is 237 cm³/mol. The highest BCUT2D eigenvalue weighted by molar-refractivity contribution is 7.89. The molecule has 15 heteroatoms. The lowest BCUT2D eigenvalue weighted by Crippen LogP contribution is -2.49. The number of nitrogens with zero attached hydrogens (tertiary/aromatic N) is 4. The van der Waals surface area contributed by atoms with E-state index in [1.54, 1.807) is 21.0 Å². The number of ether oxygens (including phenoxy) is 3. The van der Waals surface area contributed by atoms with Crippen LogP contribution < -0.4 is 31.9 Å². The molecule has 2 aliphatic rings. The molecule has 5 aromatic rings. The SMILES string of the molecule is CC(C)(C)c1cc2cn(-c3ccc(CNCCCN=C(N)N)cc3)c(=O)nc2[nH]1.CC(C)(C)c1ccc(S(=O)(=O)N(CC2COc3ccccc3O2)C2CCOCC2)cc1. The van der Waals surface area contributed by atoms with E-state index in [1.165, 1.54) is 0 Å². The molecule has 0 saturated carbocycles. The van der Waals surface area contributed by atoms with Crippen molar-refractivity contribution in [3.05, 3.63) is 112 Å². The Labute approximate surface area is 353 Å². The summed E-state index contributed by atoms with van der Waals surface area (Å²) in [6, 6.07) is 24.5. The number of aliphatic imine (C=N–C) groups is 1. The molecular formula is C45H60N8O6S. The number of para-hydroxylation sites is 2. The van der Waals surface area contributed by atoms with Crippen molar-refractivity contribution in [3.63, 3.8) is 0 Å². The van der Waals surface area contributed by atoms with Gasteiger partial charge in [-0.2, -0.15) is 9.29 Å². The topological polar surface area (TPSA) is 192 Å². The first kappa shape index (κ1) is 44.3. The van der Waals surface area contributed by atoms with Gasteiger partial charge in [0.1, 0.15) is 18.4 Å². The summed E-state index contributed by atoms with van der Waals surface area (Å²) in [6.45, 7) is 16.6. The minimum Gasteiger partial charge on any atom is -0.486 e. The molecule has 14 nitrogen and oxygen atoms in total. The van der Waals surface area contributed by atoms with Crippen LogP contribution in [0.4, 0.5) is 0 Å². The third-order valence-electron chi connectivity index (χ3n) is 10.5. The molecule has 3 aromatic carbocycles.